The molecule has 5 nitrogen and oxygen atoms in total. The number of carbonyl (C=O) groups is 2. The quantitative estimate of drug-likeness (QED) is 0.504. The first-order valence-corrected chi connectivity index (χ1v) is 3.11. The molecule has 0 rings (SSSR count). The van der Waals surface area contributed by atoms with Crippen LogP contribution >= 0.6 is 0 Å². The molecule has 2 N–H and O–H groups in total. The van der Waals surface area contributed by atoms with Crippen LogP contribution in [-0.4, -0.2) is 46.7 Å². The van der Waals surface area contributed by atoms with Crippen molar-refractivity contribution in [2.75, 3.05) is 13.6 Å². The molecular weight excluding hydrogens is 150 g/mol. The van der Waals surface area contributed by atoms with Gasteiger partial charge in [0.1, 0.15) is 0 Å². The van der Waals surface area contributed by atoms with Crippen LogP contribution < -0.4 is 0 Å². The van der Waals surface area contributed by atoms with E-state index >= 15 is 0 Å². The summed E-state index contributed by atoms with van der Waals surface area (Å²) in [5.74, 6) is -2.51. The number of hydrogen-bond acceptors (Lipinski definition) is 3. The Morgan fingerprint density at radius 2 is 2.00 bits per heavy atom. The lowest BCUT2D eigenvalue weighted by Crippen LogP contribution is -2.37. The van der Waals surface area contributed by atoms with E-state index in [-0.39, 0.29) is 6.54 Å². The normalized spacial score (nSPS) is 12.3. The lowest BCUT2D eigenvalue weighted by molar-refractivity contribution is -0.155. The zero-order chi connectivity index (χ0) is 9.02. The van der Waals surface area contributed by atoms with E-state index in [4.69, 9.17) is 10.2 Å². The summed E-state index contributed by atoms with van der Waals surface area (Å²) in [5, 5.41) is 17.0. The SMILES string of the molecule is C[C@H](O)CN(C)C(=O)C(=O)O. The number of carbonyl (C=O) groups excluding carboxylic acids is 1. The Labute approximate surface area is 64.2 Å². The van der Waals surface area contributed by atoms with Gasteiger partial charge in [0.15, 0.2) is 0 Å². The van der Waals surface area contributed by atoms with Gasteiger partial charge >= 0.3 is 11.9 Å². The third kappa shape index (κ3) is 3.57. The van der Waals surface area contributed by atoms with Gasteiger partial charge in [0, 0.05) is 13.6 Å². The highest BCUT2D eigenvalue weighted by atomic mass is 16.4. The van der Waals surface area contributed by atoms with E-state index in [1.54, 1.807) is 0 Å². The first-order chi connectivity index (χ1) is 4.95. The van der Waals surface area contributed by atoms with Gasteiger partial charge in [0.2, 0.25) is 0 Å². The molecule has 0 unspecified atom stereocenters. The lowest BCUT2D eigenvalue weighted by Gasteiger charge is -2.15. The van der Waals surface area contributed by atoms with Crippen LogP contribution in [-0.2, 0) is 9.59 Å². The Morgan fingerprint density at radius 3 is 2.27 bits per heavy atom. The summed E-state index contributed by atoms with van der Waals surface area (Å²) in [6, 6.07) is 0. The van der Waals surface area contributed by atoms with Crippen LogP contribution in [0.4, 0.5) is 0 Å². The van der Waals surface area contributed by atoms with Gasteiger partial charge in [-0.05, 0) is 6.92 Å². The molecule has 11 heavy (non-hydrogen) atoms. The van der Waals surface area contributed by atoms with Crippen LogP contribution in [0.1, 0.15) is 6.92 Å². The number of nitrogens with zero attached hydrogens (tertiary/aromatic N) is 1. The molecule has 5 heteroatoms. The summed E-state index contributed by atoms with van der Waals surface area (Å²) in [4.78, 5) is 21.6. The topological polar surface area (TPSA) is 77.8 Å². The molecule has 0 aromatic heterocycles. The second-order valence-electron chi connectivity index (χ2n) is 2.34. The van der Waals surface area contributed by atoms with Crippen molar-refractivity contribution in [3.63, 3.8) is 0 Å². The maximum Gasteiger partial charge on any atom is 0.394 e. The van der Waals surface area contributed by atoms with Gasteiger partial charge in [-0.1, -0.05) is 0 Å². The number of aliphatic hydroxyl groups is 1. The van der Waals surface area contributed by atoms with E-state index < -0.39 is 18.0 Å². The fraction of sp³-hybridized carbons (Fsp3) is 0.667. The van der Waals surface area contributed by atoms with E-state index in [0.29, 0.717) is 0 Å². The Kier molecular flexibility index (Phi) is 3.53. The van der Waals surface area contributed by atoms with Gasteiger partial charge in [-0.3, -0.25) is 4.79 Å². The van der Waals surface area contributed by atoms with Crippen molar-refractivity contribution in [3.8, 4) is 0 Å². The van der Waals surface area contributed by atoms with E-state index in [1.165, 1.54) is 14.0 Å². The first kappa shape index (κ1) is 9.90. The number of aliphatic hydroxyl groups excluding tert-OH is 1. The summed E-state index contributed by atoms with van der Waals surface area (Å²) in [6.07, 6.45) is -0.705. The fourth-order valence-corrected chi connectivity index (χ4v) is 0.643. The minimum atomic E-state index is -1.51. The Hall–Kier alpha value is -1.10. The van der Waals surface area contributed by atoms with Gasteiger partial charge in [-0.15, -0.1) is 0 Å². The third-order valence-electron chi connectivity index (χ3n) is 1.07. The highest BCUT2D eigenvalue weighted by Gasteiger charge is 2.17. The summed E-state index contributed by atoms with van der Waals surface area (Å²) in [7, 11) is 1.32. The minimum Gasteiger partial charge on any atom is -0.474 e. The van der Waals surface area contributed by atoms with Gasteiger partial charge in [0.05, 0.1) is 6.10 Å². The van der Waals surface area contributed by atoms with Gasteiger partial charge in [-0.2, -0.15) is 0 Å². The predicted octanol–water partition coefficient (Wildman–Crippen LogP) is -1.09. The Balaban J connectivity index is 3.93. The number of rotatable bonds is 2. The van der Waals surface area contributed by atoms with Crippen LogP contribution in [0.3, 0.4) is 0 Å². The average molecular weight is 161 g/mol. The summed E-state index contributed by atoms with van der Waals surface area (Å²) < 4.78 is 0. The number of aliphatic carboxylic acids is 1. The van der Waals surface area contributed by atoms with Gasteiger partial charge in [0.25, 0.3) is 0 Å². The molecule has 0 radical (unpaired) electrons. The lowest BCUT2D eigenvalue weighted by atomic mass is 10.4. The van der Waals surface area contributed by atoms with E-state index in [9.17, 15) is 9.59 Å². The van der Waals surface area contributed by atoms with Crippen LogP contribution in [0.25, 0.3) is 0 Å². The molecule has 0 spiro atoms. The summed E-state index contributed by atoms with van der Waals surface area (Å²) in [5.41, 5.74) is 0. The van der Waals surface area contributed by atoms with Crippen molar-refractivity contribution >= 4 is 11.9 Å². The summed E-state index contributed by atoms with van der Waals surface area (Å²) >= 11 is 0. The van der Waals surface area contributed by atoms with Crippen LogP contribution in [0, 0.1) is 0 Å². The largest absolute Gasteiger partial charge is 0.474 e. The fourth-order valence-electron chi connectivity index (χ4n) is 0.643. The molecule has 0 fully saturated rings. The Morgan fingerprint density at radius 1 is 1.55 bits per heavy atom. The average Bonchev–Trinajstić information content (AvgIpc) is 1.84. The molecule has 0 bridgehead atoms. The molecule has 0 aliphatic carbocycles. The molecular formula is C6H11NO4. The first-order valence-electron chi connectivity index (χ1n) is 3.11. The number of likely N-dealkylation sites (N-methyl/N-ethyl adjacent to an activating group) is 1. The highest BCUT2D eigenvalue weighted by Crippen LogP contribution is 1.88. The molecule has 1 atom stereocenters. The molecule has 64 valence electrons. The molecule has 0 saturated heterocycles. The summed E-state index contributed by atoms with van der Waals surface area (Å²) in [6.45, 7) is 1.51. The third-order valence-corrected chi connectivity index (χ3v) is 1.07. The molecule has 0 aromatic carbocycles. The molecule has 0 aromatic rings. The van der Waals surface area contributed by atoms with Crippen molar-refractivity contribution in [3.05, 3.63) is 0 Å². The highest BCUT2D eigenvalue weighted by molar-refractivity contribution is 6.31. The van der Waals surface area contributed by atoms with Crippen molar-refractivity contribution in [1.82, 2.24) is 4.90 Å². The van der Waals surface area contributed by atoms with Crippen molar-refractivity contribution in [1.29, 1.82) is 0 Å². The monoisotopic (exact) mass is 161 g/mol. The van der Waals surface area contributed by atoms with E-state index in [1.807, 2.05) is 0 Å². The van der Waals surface area contributed by atoms with E-state index in [0.717, 1.165) is 4.90 Å². The minimum absolute atomic E-state index is 0.0329. The maximum atomic E-state index is 10.6. The molecule has 0 aliphatic heterocycles. The molecule has 1 amide bonds. The van der Waals surface area contributed by atoms with Crippen LogP contribution in [0.5, 0.6) is 0 Å². The molecule has 0 heterocycles. The second kappa shape index (κ2) is 3.92. The number of amides is 1. The number of carboxylic acids is 1. The van der Waals surface area contributed by atoms with Crippen molar-refractivity contribution < 1.29 is 19.8 Å². The van der Waals surface area contributed by atoms with Crippen molar-refractivity contribution in [2.24, 2.45) is 0 Å². The van der Waals surface area contributed by atoms with Crippen LogP contribution in [0.15, 0.2) is 0 Å². The Bertz CT molecular complexity index is 166. The van der Waals surface area contributed by atoms with Gasteiger partial charge in [-0.25, -0.2) is 4.79 Å². The van der Waals surface area contributed by atoms with E-state index in [2.05, 4.69) is 0 Å². The molecule has 0 saturated carbocycles. The zero-order valence-corrected chi connectivity index (χ0v) is 6.44. The smallest absolute Gasteiger partial charge is 0.394 e. The zero-order valence-electron chi connectivity index (χ0n) is 6.44. The standard InChI is InChI=1S/C6H11NO4/c1-4(8)3-7(2)5(9)6(10)11/h4,8H,3H2,1-2H3,(H,10,11)/t4-/m0/s1. The van der Waals surface area contributed by atoms with Crippen LogP contribution in [0.2, 0.25) is 0 Å². The second-order valence-corrected chi connectivity index (χ2v) is 2.34. The molecule has 0 aliphatic rings. The number of hydrogen-bond donors (Lipinski definition) is 2. The maximum absolute atomic E-state index is 10.6. The van der Waals surface area contributed by atoms with Gasteiger partial charge < -0.3 is 15.1 Å². The van der Waals surface area contributed by atoms with Crippen molar-refractivity contribution in [2.45, 2.75) is 13.0 Å². The number of carboxylic acid groups (broad SMARTS) is 1. The predicted molar refractivity (Wildman–Crippen MR) is 37.0 cm³/mol.